The van der Waals surface area contributed by atoms with Crippen molar-refractivity contribution in [1.29, 1.82) is 0 Å². The largest absolute Gasteiger partial charge is 0.394 e. The molecule has 34 valence electrons. The normalized spacial score (nSPS) is 10.7. The van der Waals surface area contributed by atoms with Crippen molar-refractivity contribution >= 4 is 16.0 Å². The van der Waals surface area contributed by atoms with E-state index in [1.165, 1.54) is 0 Å². The Morgan fingerprint density at radius 3 is 1.50 bits per heavy atom. The third kappa shape index (κ3) is 2.33. The molecule has 0 fully saturated rings. The molecule has 0 spiro atoms. The summed E-state index contributed by atoms with van der Waals surface area (Å²) >= 11 is 0. The van der Waals surface area contributed by atoms with Crippen LogP contribution in [-0.2, 0) is 0 Å². The van der Waals surface area contributed by atoms with E-state index in [1.54, 1.807) is 0 Å². The monoisotopic (exact) mass is 83.1 g/mol. The van der Waals surface area contributed by atoms with Crippen molar-refractivity contribution in [3.05, 3.63) is 0 Å². The molecule has 0 unspecified atom stereocenters. The maximum absolute atomic E-state index is 2.17. The Labute approximate surface area is 41.6 Å². The van der Waals surface area contributed by atoms with Crippen LogP contribution in [-0.4, -0.2) is 26.7 Å². The van der Waals surface area contributed by atoms with E-state index < -0.39 is 0 Å². The van der Waals surface area contributed by atoms with Gasteiger partial charge >= 0.3 is 0 Å². The van der Waals surface area contributed by atoms with E-state index in [-0.39, 0.29) is 0 Å². The molecule has 6 heavy (non-hydrogen) atoms. The van der Waals surface area contributed by atoms with Gasteiger partial charge < -0.3 is 4.72 Å². The molecular formula is C3H11B2N. The fraction of sp³-hybridized carbons (Fsp3) is 1.00. The van der Waals surface area contributed by atoms with Crippen LogP contribution in [0.15, 0.2) is 0 Å². The van der Waals surface area contributed by atoms with Gasteiger partial charge in [0.05, 0.1) is 0 Å². The highest BCUT2D eigenvalue weighted by molar-refractivity contribution is 6.25. The fourth-order valence-corrected chi connectivity index (χ4v) is 0. The van der Waals surface area contributed by atoms with Gasteiger partial charge in [0.2, 0.25) is 0 Å². The Kier molecular flexibility index (Phi) is 2.33. The van der Waals surface area contributed by atoms with Gasteiger partial charge in [-0.15, -0.1) is 0 Å². The molecule has 0 saturated heterocycles. The van der Waals surface area contributed by atoms with Crippen LogP contribution in [0, 0.1) is 0 Å². The average molecular weight is 82.8 g/mol. The highest BCUT2D eigenvalue weighted by Crippen LogP contribution is 1.82. The van der Waals surface area contributed by atoms with Crippen LogP contribution < -0.4 is 0 Å². The molecule has 0 saturated carbocycles. The van der Waals surface area contributed by atoms with E-state index in [9.17, 15) is 0 Å². The van der Waals surface area contributed by atoms with Gasteiger partial charge in [-0.25, -0.2) is 0 Å². The molecule has 0 bridgehead atoms. The quantitative estimate of drug-likeness (QED) is 0.359. The Bertz CT molecular complexity index is 29.8. The maximum Gasteiger partial charge on any atom is 0.172 e. The molecule has 0 aromatic rings. The molecule has 0 radical (unpaired) electrons. The first-order valence-electron chi connectivity index (χ1n) is 2.31. The fourth-order valence-electron chi connectivity index (χ4n) is 0. The third-order valence-electron chi connectivity index (χ3n) is 1.03. The first-order chi connectivity index (χ1) is 2.64. The number of nitrogens with zero attached hydrogens (tertiary/aromatic N) is 1. The zero-order chi connectivity index (χ0) is 5.15. The van der Waals surface area contributed by atoms with Gasteiger partial charge in [-0.05, 0) is 6.04 Å². The summed E-state index contributed by atoms with van der Waals surface area (Å²) in [6, 6.07) is 0.685. The SMILES string of the molecule is BN(B)C(C)C. The van der Waals surface area contributed by atoms with Gasteiger partial charge in [-0.3, -0.25) is 0 Å². The molecule has 0 amide bonds. The van der Waals surface area contributed by atoms with Crippen molar-refractivity contribution in [2.45, 2.75) is 19.9 Å². The molecule has 0 aliphatic rings. The predicted octanol–water partition coefficient (Wildman–Crippen LogP) is -1.21. The summed E-state index contributed by atoms with van der Waals surface area (Å²) in [5.41, 5.74) is 0. The van der Waals surface area contributed by atoms with E-state index in [4.69, 9.17) is 0 Å². The second-order valence-corrected chi connectivity index (χ2v) is 2.06. The Morgan fingerprint density at radius 2 is 1.50 bits per heavy atom. The zero-order valence-corrected chi connectivity index (χ0v) is 5.02. The van der Waals surface area contributed by atoms with Crippen molar-refractivity contribution in [2.24, 2.45) is 0 Å². The van der Waals surface area contributed by atoms with Crippen molar-refractivity contribution in [3.63, 3.8) is 0 Å². The first-order valence-corrected chi connectivity index (χ1v) is 2.31. The molecule has 0 N–H and O–H groups in total. The van der Waals surface area contributed by atoms with Crippen LogP contribution in [0.25, 0.3) is 0 Å². The zero-order valence-electron chi connectivity index (χ0n) is 5.02. The number of hydrogen-bond acceptors (Lipinski definition) is 1. The summed E-state index contributed by atoms with van der Waals surface area (Å²) in [7, 11) is 4.15. The van der Waals surface area contributed by atoms with Crippen LogP contribution in [0.2, 0.25) is 0 Å². The van der Waals surface area contributed by atoms with Crippen molar-refractivity contribution in [1.82, 2.24) is 4.72 Å². The van der Waals surface area contributed by atoms with E-state index in [0.717, 1.165) is 0 Å². The Hall–Kier alpha value is 0.0899. The van der Waals surface area contributed by atoms with Crippen molar-refractivity contribution < 1.29 is 0 Å². The standard InChI is InChI=1S/C3H11B2N/c1-3(2)6(4)5/h3H,4-5H2,1-2H3. The minimum atomic E-state index is 0.685. The van der Waals surface area contributed by atoms with Crippen LogP contribution >= 0.6 is 0 Å². The van der Waals surface area contributed by atoms with Gasteiger partial charge in [-0.2, -0.15) is 0 Å². The van der Waals surface area contributed by atoms with Gasteiger partial charge in [0.15, 0.2) is 16.0 Å². The topological polar surface area (TPSA) is 3.24 Å². The number of rotatable bonds is 1. The van der Waals surface area contributed by atoms with Crippen molar-refractivity contribution in [2.75, 3.05) is 0 Å². The molecule has 0 rings (SSSR count). The molecule has 0 aliphatic carbocycles. The lowest BCUT2D eigenvalue weighted by atomic mass is 10.1. The predicted molar refractivity (Wildman–Crippen MR) is 34.1 cm³/mol. The highest BCUT2D eigenvalue weighted by Gasteiger charge is 1.90. The molecular weight excluding hydrogens is 71.7 g/mol. The van der Waals surface area contributed by atoms with Crippen LogP contribution in [0.1, 0.15) is 13.8 Å². The lowest BCUT2D eigenvalue weighted by Crippen LogP contribution is -2.24. The molecule has 1 nitrogen and oxygen atoms in total. The van der Waals surface area contributed by atoms with E-state index in [2.05, 4.69) is 34.5 Å². The number of hydrogen-bond donors (Lipinski definition) is 0. The summed E-state index contributed by atoms with van der Waals surface area (Å²) < 4.78 is 2.17. The van der Waals surface area contributed by atoms with E-state index in [0.29, 0.717) is 6.04 Å². The van der Waals surface area contributed by atoms with Gasteiger partial charge in [0.25, 0.3) is 0 Å². The third-order valence-corrected chi connectivity index (χ3v) is 1.03. The summed E-state index contributed by atoms with van der Waals surface area (Å²) in [5.74, 6) is 0. The second kappa shape index (κ2) is 2.30. The molecule has 0 aliphatic heterocycles. The molecule has 0 aromatic carbocycles. The van der Waals surface area contributed by atoms with Crippen LogP contribution in [0.3, 0.4) is 0 Å². The lowest BCUT2D eigenvalue weighted by molar-refractivity contribution is 0.569. The molecule has 0 aromatic heterocycles. The minimum Gasteiger partial charge on any atom is -0.394 e. The van der Waals surface area contributed by atoms with Crippen molar-refractivity contribution in [3.8, 4) is 0 Å². The lowest BCUT2D eigenvalue weighted by Gasteiger charge is -2.13. The average Bonchev–Trinajstić information content (AvgIpc) is 1.36. The Balaban J connectivity index is 2.99. The van der Waals surface area contributed by atoms with Gasteiger partial charge in [0.1, 0.15) is 0 Å². The maximum atomic E-state index is 2.17. The Morgan fingerprint density at radius 1 is 1.33 bits per heavy atom. The summed E-state index contributed by atoms with van der Waals surface area (Å²) in [6.45, 7) is 4.33. The first kappa shape index (κ1) is 6.09. The minimum absolute atomic E-state index is 0.685. The summed E-state index contributed by atoms with van der Waals surface area (Å²) in [4.78, 5) is 0. The van der Waals surface area contributed by atoms with Gasteiger partial charge in [0, 0.05) is 0 Å². The van der Waals surface area contributed by atoms with E-state index >= 15 is 0 Å². The summed E-state index contributed by atoms with van der Waals surface area (Å²) in [5, 5.41) is 0. The second-order valence-electron chi connectivity index (χ2n) is 2.06. The van der Waals surface area contributed by atoms with Gasteiger partial charge in [-0.1, -0.05) is 13.8 Å². The summed E-state index contributed by atoms with van der Waals surface area (Å²) in [6.07, 6.45) is 0. The smallest absolute Gasteiger partial charge is 0.172 e. The van der Waals surface area contributed by atoms with E-state index in [1.807, 2.05) is 0 Å². The molecule has 3 heteroatoms. The molecule has 0 atom stereocenters. The van der Waals surface area contributed by atoms with Crippen LogP contribution in [0.4, 0.5) is 0 Å². The highest BCUT2D eigenvalue weighted by atomic mass is 14.9. The molecule has 0 heterocycles. The van der Waals surface area contributed by atoms with Crippen LogP contribution in [0.5, 0.6) is 0 Å².